The highest BCUT2D eigenvalue weighted by molar-refractivity contribution is 5.93. The zero-order valence-electron chi connectivity index (χ0n) is 17.6. The summed E-state index contributed by atoms with van der Waals surface area (Å²) in [5, 5.41) is 1.20. The van der Waals surface area contributed by atoms with E-state index in [9.17, 15) is 0 Å². The summed E-state index contributed by atoms with van der Waals surface area (Å²) < 4.78 is 6.71. The van der Waals surface area contributed by atoms with E-state index in [0.29, 0.717) is 11.7 Å². The standard InChI is InChI=1S/C25H26N4/c1-17(2)29-23-13-8-7-12-21(23)25(27(29)6)22-15-20(26-5)16-24(19(22)4)28-14-10-9-11-18(28)3/h7-17H,1-4,6H3/q+2. The van der Waals surface area contributed by atoms with Gasteiger partial charge in [0.25, 0.3) is 0 Å². The number of hydrogen-bond donors (Lipinski definition) is 0. The van der Waals surface area contributed by atoms with Crippen molar-refractivity contribution in [3.63, 3.8) is 0 Å². The van der Waals surface area contributed by atoms with Crippen LogP contribution in [-0.4, -0.2) is 4.68 Å². The molecule has 0 bridgehead atoms. The summed E-state index contributed by atoms with van der Waals surface area (Å²) in [5.74, 6) is 0. The normalized spacial score (nSPS) is 11.2. The van der Waals surface area contributed by atoms with E-state index in [1.165, 1.54) is 16.5 Å². The zero-order chi connectivity index (χ0) is 20.7. The fourth-order valence-corrected chi connectivity index (χ4v) is 4.30. The molecule has 4 nitrogen and oxygen atoms in total. The van der Waals surface area contributed by atoms with Crippen LogP contribution >= 0.6 is 0 Å². The van der Waals surface area contributed by atoms with Gasteiger partial charge in [-0.15, -0.1) is 4.68 Å². The third-order valence-electron chi connectivity index (χ3n) is 5.61. The van der Waals surface area contributed by atoms with Crippen LogP contribution in [-0.2, 0) is 7.05 Å². The van der Waals surface area contributed by atoms with Gasteiger partial charge in [0.15, 0.2) is 24.6 Å². The topological polar surface area (TPSA) is 17.0 Å². The maximum Gasteiger partial charge on any atom is 0.245 e. The zero-order valence-corrected chi connectivity index (χ0v) is 17.6. The van der Waals surface area contributed by atoms with E-state index in [0.717, 1.165) is 22.6 Å². The Morgan fingerprint density at radius 1 is 1.00 bits per heavy atom. The van der Waals surface area contributed by atoms with Crippen molar-refractivity contribution >= 4 is 16.6 Å². The van der Waals surface area contributed by atoms with Crippen LogP contribution in [0.25, 0.3) is 32.7 Å². The largest absolute Gasteiger partial charge is 0.245 e. The summed E-state index contributed by atoms with van der Waals surface area (Å²) in [6.07, 6.45) is 2.06. The van der Waals surface area contributed by atoms with Crippen molar-refractivity contribution in [2.24, 2.45) is 7.05 Å². The molecule has 2 aromatic heterocycles. The van der Waals surface area contributed by atoms with Crippen LogP contribution in [0.3, 0.4) is 0 Å². The molecule has 0 fully saturated rings. The van der Waals surface area contributed by atoms with Crippen molar-refractivity contribution in [3.8, 4) is 16.9 Å². The predicted octanol–water partition coefficient (Wildman–Crippen LogP) is 5.16. The molecular weight excluding hydrogens is 356 g/mol. The molecule has 2 heterocycles. The molecule has 0 atom stereocenters. The number of nitrogens with zero attached hydrogens (tertiary/aromatic N) is 4. The summed E-state index contributed by atoms with van der Waals surface area (Å²) in [6, 6.07) is 19.0. The van der Waals surface area contributed by atoms with Gasteiger partial charge in [0.2, 0.25) is 11.4 Å². The molecule has 0 saturated heterocycles. The number of hydrogen-bond acceptors (Lipinski definition) is 0. The summed E-state index contributed by atoms with van der Waals surface area (Å²) in [4.78, 5) is 3.79. The SMILES string of the molecule is [C-]#[N+]c1cc(-c2c3ccccc3n(C(C)C)[n+]2C)c(C)c(-[n+]2ccccc2C)c1. The number of para-hydroxylation sites is 1. The monoisotopic (exact) mass is 382 g/mol. The molecule has 29 heavy (non-hydrogen) atoms. The van der Waals surface area contributed by atoms with Crippen LogP contribution in [0, 0.1) is 20.4 Å². The van der Waals surface area contributed by atoms with Gasteiger partial charge in [-0.25, -0.2) is 4.85 Å². The Balaban J connectivity index is 2.11. The van der Waals surface area contributed by atoms with Crippen molar-refractivity contribution in [1.29, 1.82) is 0 Å². The molecule has 0 aliphatic carbocycles. The lowest BCUT2D eigenvalue weighted by atomic mass is 9.99. The molecule has 0 saturated carbocycles. The third-order valence-corrected chi connectivity index (χ3v) is 5.61. The van der Waals surface area contributed by atoms with E-state index >= 15 is 0 Å². The summed E-state index contributed by atoms with van der Waals surface area (Å²) in [5.41, 5.74) is 7.45. The van der Waals surface area contributed by atoms with Gasteiger partial charge in [-0.05, 0) is 39.0 Å². The summed E-state index contributed by atoms with van der Waals surface area (Å²) in [6.45, 7) is 16.3. The molecule has 0 aliphatic rings. The van der Waals surface area contributed by atoms with Crippen molar-refractivity contribution < 1.29 is 9.25 Å². The lowest BCUT2D eigenvalue weighted by molar-refractivity contribution is -0.743. The predicted molar refractivity (Wildman–Crippen MR) is 116 cm³/mol. The molecule has 0 amide bonds. The Bertz CT molecular complexity index is 1270. The van der Waals surface area contributed by atoms with Gasteiger partial charge in [-0.1, -0.05) is 18.2 Å². The highest BCUT2D eigenvalue weighted by atomic mass is 15.4. The highest BCUT2D eigenvalue weighted by Gasteiger charge is 2.29. The first kappa shape index (κ1) is 18.9. The second kappa shape index (κ2) is 7.18. The lowest BCUT2D eigenvalue weighted by Crippen LogP contribution is -2.41. The molecule has 144 valence electrons. The number of rotatable bonds is 3. The van der Waals surface area contributed by atoms with Crippen LogP contribution in [0.2, 0.25) is 0 Å². The van der Waals surface area contributed by atoms with E-state index < -0.39 is 0 Å². The minimum Gasteiger partial charge on any atom is -0.238 e. The first-order chi connectivity index (χ1) is 13.9. The summed E-state index contributed by atoms with van der Waals surface area (Å²) in [7, 11) is 2.11. The van der Waals surface area contributed by atoms with Gasteiger partial charge < -0.3 is 0 Å². The van der Waals surface area contributed by atoms with Crippen molar-refractivity contribution in [1.82, 2.24) is 4.68 Å². The fourth-order valence-electron chi connectivity index (χ4n) is 4.30. The molecule has 0 aliphatic heterocycles. The molecule has 4 aromatic rings. The second-order valence-electron chi connectivity index (χ2n) is 7.79. The van der Waals surface area contributed by atoms with E-state index in [1.54, 1.807) is 0 Å². The van der Waals surface area contributed by atoms with Gasteiger partial charge >= 0.3 is 0 Å². The minimum atomic E-state index is 0.327. The van der Waals surface area contributed by atoms with E-state index in [-0.39, 0.29) is 0 Å². The Morgan fingerprint density at radius 2 is 1.72 bits per heavy atom. The summed E-state index contributed by atoms with van der Waals surface area (Å²) >= 11 is 0. The quantitative estimate of drug-likeness (QED) is 0.344. The third kappa shape index (κ3) is 3.00. The number of fused-ring (bicyclic) bond motifs is 1. The van der Waals surface area contributed by atoms with Crippen molar-refractivity contribution in [3.05, 3.63) is 83.5 Å². The van der Waals surface area contributed by atoms with Crippen LogP contribution in [0.1, 0.15) is 31.1 Å². The van der Waals surface area contributed by atoms with Crippen LogP contribution in [0.5, 0.6) is 0 Å². The minimum absolute atomic E-state index is 0.327. The molecule has 0 radical (unpaired) electrons. The molecule has 2 aromatic carbocycles. The van der Waals surface area contributed by atoms with Gasteiger partial charge in [-0.3, -0.25) is 0 Å². The van der Waals surface area contributed by atoms with Crippen molar-refractivity contribution in [2.75, 3.05) is 0 Å². The second-order valence-corrected chi connectivity index (χ2v) is 7.79. The lowest BCUT2D eigenvalue weighted by Gasteiger charge is -2.09. The number of aromatic nitrogens is 3. The first-order valence-electron chi connectivity index (χ1n) is 9.93. The Kier molecular flexibility index (Phi) is 4.68. The molecular formula is C25H26N4+2. The Hall–Kier alpha value is -3.45. The van der Waals surface area contributed by atoms with Crippen LogP contribution < -0.4 is 9.25 Å². The van der Waals surface area contributed by atoms with E-state index in [4.69, 9.17) is 6.57 Å². The average Bonchev–Trinajstić information content (AvgIpc) is 3.01. The van der Waals surface area contributed by atoms with Crippen LogP contribution in [0.4, 0.5) is 5.69 Å². The fraction of sp³-hybridized carbons (Fsp3) is 0.240. The number of aryl methyl sites for hydroxylation is 1. The average molecular weight is 383 g/mol. The van der Waals surface area contributed by atoms with Gasteiger partial charge in [-0.2, -0.15) is 9.25 Å². The molecule has 0 N–H and O–H groups in total. The highest BCUT2D eigenvalue weighted by Crippen LogP contribution is 2.34. The van der Waals surface area contributed by atoms with Gasteiger partial charge in [0, 0.05) is 36.2 Å². The smallest absolute Gasteiger partial charge is 0.238 e. The molecule has 0 spiro atoms. The Labute approximate surface area is 172 Å². The molecule has 4 rings (SSSR count). The first-order valence-corrected chi connectivity index (χ1v) is 9.93. The van der Waals surface area contributed by atoms with Crippen LogP contribution in [0.15, 0.2) is 60.8 Å². The number of pyridine rings is 1. The van der Waals surface area contributed by atoms with E-state index in [1.807, 2.05) is 24.3 Å². The van der Waals surface area contributed by atoms with Gasteiger partial charge in [0.1, 0.15) is 5.52 Å². The van der Waals surface area contributed by atoms with E-state index in [2.05, 4.69) is 90.0 Å². The van der Waals surface area contributed by atoms with Gasteiger partial charge in [0.05, 0.1) is 18.0 Å². The molecule has 4 heteroatoms. The number of benzene rings is 2. The maximum absolute atomic E-state index is 7.68. The Morgan fingerprint density at radius 3 is 2.41 bits per heavy atom. The maximum atomic E-state index is 7.68. The van der Waals surface area contributed by atoms with Crippen molar-refractivity contribution in [2.45, 2.75) is 33.7 Å². The molecule has 0 unspecified atom stereocenters.